The summed E-state index contributed by atoms with van der Waals surface area (Å²) < 4.78 is 16.8. The molecule has 0 radical (unpaired) electrons. The second-order valence-electron chi connectivity index (χ2n) is 9.49. The Balaban J connectivity index is 1.15. The van der Waals surface area contributed by atoms with Crippen LogP contribution in [0.15, 0.2) is 24.3 Å². The van der Waals surface area contributed by atoms with Gasteiger partial charge in [0.15, 0.2) is 5.79 Å². The predicted molar refractivity (Wildman–Crippen MR) is 123 cm³/mol. The highest BCUT2D eigenvalue weighted by Gasteiger charge is 2.42. The average molecular weight is 456 g/mol. The van der Waals surface area contributed by atoms with E-state index < -0.39 is 5.79 Å². The lowest BCUT2D eigenvalue weighted by Gasteiger charge is -2.40. The van der Waals surface area contributed by atoms with Crippen molar-refractivity contribution in [2.24, 2.45) is 11.8 Å². The predicted octanol–water partition coefficient (Wildman–Crippen LogP) is 3.03. The highest BCUT2D eigenvalue weighted by Crippen LogP contribution is 2.33. The number of aromatic amines is 1. The van der Waals surface area contributed by atoms with E-state index in [2.05, 4.69) is 4.98 Å². The van der Waals surface area contributed by atoms with Gasteiger partial charge in [0, 0.05) is 61.9 Å². The number of hydrogen-bond donors (Lipinski definition) is 1. The summed E-state index contributed by atoms with van der Waals surface area (Å²) in [5, 5.41) is 0.991. The van der Waals surface area contributed by atoms with Crippen LogP contribution >= 0.6 is 0 Å². The smallest absolute Gasteiger partial charge is 0.270 e. The van der Waals surface area contributed by atoms with E-state index in [1.165, 1.54) is 0 Å². The first-order chi connectivity index (χ1) is 16.0. The molecule has 8 heteroatoms. The van der Waals surface area contributed by atoms with Gasteiger partial charge in [0.1, 0.15) is 11.4 Å². The molecule has 8 nitrogen and oxygen atoms in total. The molecule has 3 saturated heterocycles. The molecular formula is C25H33N3O5. The summed E-state index contributed by atoms with van der Waals surface area (Å²) >= 11 is 0. The van der Waals surface area contributed by atoms with E-state index in [1.54, 1.807) is 7.11 Å². The number of H-pyrrole nitrogens is 1. The van der Waals surface area contributed by atoms with Crippen molar-refractivity contribution >= 4 is 22.7 Å². The fourth-order valence-electron chi connectivity index (χ4n) is 5.46. The monoisotopic (exact) mass is 455 g/mol. The Labute approximate surface area is 194 Å². The number of hydrogen-bond acceptors (Lipinski definition) is 5. The molecule has 178 valence electrons. The molecule has 0 aliphatic carbocycles. The molecule has 0 unspecified atom stereocenters. The zero-order chi connectivity index (χ0) is 23.0. The molecule has 1 atom stereocenters. The van der Waals surface area contributed by atoms with Crippen LogP contribution in [-0.4, -0.2) is 78.9 Å². The van der Waals surface area contributed by atoms with Crippen LogP contribution in [0.1, 0.15) is 43.1 Å². The number of fused-ring (bicyclic) bond motifs is 1. The van der Waals surface area contributed by atoms with Crippen LogP contribution in [0.4, 0.5) is 0 Å². The highest BCUT2D eigenvalue weighted by molar-refractivity contribution is 5.98. The van der Waals surface area contributed by atoms with Gasteiger partial charge in [-0.2, -0.15) is 0 Å². The molecule has 2 amide bonds. The van der Waals surface area contributed by atoms with Gasteiger partial charge in [-0.05, 0) is 37.0 Å². The third kappa shape index (κ3) is 4.34. The molecule has 2 aromatic rings. The number of benzene rings is 1. The molecule has 3 aliphatic rings. The molecule has 1 aromatic heterocycles. The molecule has 1 aromatic carbocycles. The summed E-state index contributed by atoms with van der Waals surface area (Å²) in [6.07, 6.45) is 3.18. The number of aromatic nitrogens is 1. The summed E-state index contributed by atoms with van der Waals surface area (Å²) in [5.41, 5.74) is 1.49. The van der Waals surface area contributed by atoms with Crippen LogP contribution in [-0.2, 0) is 14.3 Å². The lowest BCUT2D eigenvalue weighted by atomic mass is 9.84. The molecular weight excluding hydrogens is 422 g/mol. The minimum atomic E-state index is -0.459. The fourth-order valence-corrected chi connectivity index (χ4v) is 5.46. The van der Waals surface area contributed by atoms with Crippen molar-refractivity contribution in [1.82, 2.24) is 14.8 Å². The van der Waals surface area contributed by atoms with Crippen LogP contribution in [0.3, 0.4) is 0 Å². The van der Waals surface area contributed by atoms with Gasteiger partial charge >= 0.3 is 0 Å². The third-order valence-electron chi connectivity index (χ3n) is 7.63. The summed E-state index contributed by atoms with van der Waals surface area (Å²) in [4.78, 5) is 33.3. The third-order valence-corrected chi connectivity index (χ3v) is 7.63. The Kier molecular flexibility index (Phi) is 6.05. The Morgan fingerprint density at radius 1 is 1.06 bits per heavy atom. The number of rotatable bonds is 4. The van der Waals surface area contributed by atoms with Crippen molar-refractivity contribution in [3.8, 4) is 5.75 Å². The van der Waals surface area contributed by atoms with Gasteiger partial charge in [0.25, 0.3) is 5.91 Å². The van der Waals surface area contributed by atoms with Gasteiger partial charge in [0.2, 0.25) is 5.91 Å². The van der Waals surface area contributed by atoms with Gasteiger partial charge < -0.3 is 29.0 Å². The number of ether oxygens (including phenoxy) is 3. The number of carbonyl (C=O) groups is 2. The molecule has 1 N–H and O–H groups in total. The number of nitrogens with zero attached hydrogens (tertiary/aromatic N) is 2. The first-order valence-electron chi connectivity index (χ1n) is 12.0. The van der Waals surface area contributed by atoms with E-state index in [0.717, 1.165) is 42.3 Å². The number of carbonyl (C=O) groups excluding carboxylic acids is 2. The second-order valence-corrected chi connectivity index (χ2v) is 9.49. The Morgan fingerprint density at radius 2 is 1.76 bits per heavy atom. The van der Waals surface area contributed by atoms with Gasteiger partial charge in [-0.3, -0.25) is 9.59 Å². The topological polar surface area (TPSA) is 84.1 Å². The highest BCUT2D eigenvalue weighted by atomic mass is 16.7. The Hall–Kier alpha value is -2.58. The van der Waals surface area contributed by atoms with Crippen molar-refractivity contribution in [3.63, 3.8) is 0 Å². The summed E-state index contributed by atoms with van der Waals surface area (Å²) in [6, 6.07) is 7.65. The molecule has 0 bridgehead atoms. The number of amides is 2. The molecule has 1 spiro atoms. The van der Waals surface area contributed by atoms with E-state index in [-0.39, 0.29) is 17.7 Å². The zero-order valence-corrected chi connectivity index (χ0v) is 19.5. The van der Waals surface area contributed by atoms with Crippen LogP contribution in [0, 0.1) is 11.8 Å². The normalized spacial score (nSPS) is 22.1. The average Bonchev–Trinajstić information content (AvgIpc) is 3.50. The van der Waals surface area contributed by atoms with E-state index >= 15 is 0 Å². The maximum atomic E-state index is 13.1. The van der Waals surface area contributed by atoms with Crippen molar-refractivity contribution in [3.05, 3.63) is 30.0 Å². The maximum absolute atomic E-state index is 13.1. The van der Waals surface area contributed by atoms with Crippen molar-refractivity contribution in [2.75, 3.05) is 46.5 Å². The van der Waals surface area contributed by atoms with Gasteiger partial charge in [0.05, 0.1) is 20.3 Å². The Bertz CT molecular complexity index is 1010. The summed E-state index contributed by atoms with van der Waals surface area (Å²) in [5.74, 6) is 0.790. The molecule has 3 fully saturated rings. The van der Waals surface area contributed by atoms with Crippen LogP contribution in [0.2, 0.25) is 0 Å². The van der Waals surface area contributed by atoms with E-state index in [4.69, 9.17) is 14.2 Å². The maximum Gasteiger partial charge on any atom is 0.270 e. The lowest BCUT2D eigenvalue weighted by Crippen LogP contribution is -2.50. The molecule has 33 heavy (non-hydrogen) atoms. The molecule has 5 rings (SSSR count). The molecule has 0 saturated carbocycles. The lowest BCUT2D eigenvalue weighted by molar-refractivity contribution is -0.188. The number of likely N-dealkylation sites (tertiary alicyclic amines) is 2. The zero-order valence-electron chi connectivity index (χ0n) is 19.5. The van der Waals surface area contributed by atoms with Crippen molar-refractivity contribution in [2.45, 2.75) is 38.4 Å². The van der Waals surface area contributed by atoms with Crippen molar-refractivity contribution < 1.29 is 23.8 Å². The fraction of sp³-hybridized carbons (Fsp3) is 0.600. The number of methoxy groups -OCH3 is 1. The summed E-state index contributed by atoms with van der Waals surface area (Å²) in [6.45, 7) is 6.05. The van der Waals surface area contributed by atoms with Gasteiger partial charge in [-0.25, -0.2) is 0 Å². The first kappa shape index (κ1) is 22.2. The van der Waals surface area contributed by atoms with Crippen LogP contribution in [0.25, 0.3) is 10.9 Å². The van der Waals surface area contributed by atoms with Crippen molar-refractivity contribution in [1.29, 1.82) is 0 Å². The van der Waals surface area contributed by atoms with Crippen LogP contribution < -0.4 is 4.74 Å². The van der Waals surface area contributed by atoms with E-state index in [1.807, 2.05) is 41.0 Å². The second kappa shape index (κ2) is 8.99. The SMILES string of the molecule is COc1ccc2cc(C(=O)N3CCC([C@H](C)C(=O)N4CCC5(CC4)OCCO5)CC3)[nH]c2c1. The quantitative estimate of drug-likeness (QED) is 0.766. The van der Waals surface area contributed by atoms with Gasteiger partial charge in [-0.15, -0.1) is 0 Å². The standard InChI is InChI=1S/C25H33N3O5/c1-17(23(29)28-11-7-25(8-12-28)32-13-14-33-25)18-5-9-27(10-6-18)24(30)22-15-19-3-4-20(31-2)16-21(19)26-22/h3-4,15-18,26H,5-14H2,1-2H3/t17-/m0/s1. The minimum absolute atomic E-state index is 0.0143. The van der Waals surface area contributed by atoms with Gasteiger partial charge in [-0.1, -0.05) is 6.92 Å². The number of piperidine rings is 2. The molecule has 3 aliphatic heterocycles. The molecule has 4 heterocycles. The van der Waals surface area contributed by atoms with E-state index in [0.29, 0.717) is 51.0 Å². The van der Waals surface area contributed by atoms with Crippen LogP contribution in [0.5, 0.6) is 5.75 Å². The summed E-state index contributed by atoms with van der Waals surface area (Å²) in [7, 11) is 1.63. The Morgan fingerprint density at radius 3 is 2.42 bits per heavy atom. The largest absolute Gasteiger partial charge is 0.497 e. The van der Waals surface area contributed by atoms with E-state index in [9.17, 15) is 9.59 Å². The minimum Gasteiger partial charge on any atom is -0.497 e. The first-order valence-corrected chi connectivity index (χ1v) is 12.0. The number of nitrogens with one attached hydrogen (secondary N) is 1.